The molecule has 0 atom stereocenters. The molecule has 4 aromatic rings. The van der Waals surface area contributed by atoms with E-state index in [9.17, 15) is 9.59 Å². The van der Waals surface area contributed by atoms with Gasteiger partial charge in [0.15, 0.2) is 0 Å². The van der Waals surface area contributed by atoms with E-state index in [1.807, 2.05) is 36.4 Å². The van der Waals surface area contributed by atoms with Gasteiger partial charge in [-0.3, -0.25) is 0 Å². The van der Waals surface area contributed by atoms with Crippen LogP contribution >= 0.6 is 0 Å². The van der Waals surface area contributed by atoms with E-state index in [0.717, 1.165) is 11.1 Å². The van der Waals surface area contributed by atoms with E-state index >= 15 is 0 Å². The number of carbonyl (C=O) groups is 2. The molecule has 0 aliphatic carbocycles. The van der Waals surface area contributed by atoms with Gasteiger partial charge in [0.2, 0.25) is 0 Å². The van der Waals surface area contributed by atoms with Crippen molar-refractivity contribution in [3.8, 4) is 36.2 Å². The maximum absolute atomic E-state index is 11.9. The zero-order chi connectivity index (χ0) is 29.3. The van der Waals surface area contributed by atoms with Crippen molar-refractivity contribution in [2.45, 2.75) is 0 Å². The number of hydrogen-bond acceptors (Lipinski definition) is 6. The Balaban J connectivity index is 0.000000192. The Bertz CT molecular complexity index is 1650. The van der Waals surface area contributed by atoms with Gasteiger partial charge >= 0.3 is 21.1 Å². The predicted molar refractivity (Wildman–Crippen MR) is 163 cm³/mol. The Morgan fingerprint density at radius 2 is 0.953 bits per heavy atom. The molecule has 208 valence electrons. The molecular weight excluding hydrogens is 712 g/mol. The van der Waals surface area contributed by atoms with E-state index in [1.165, 1.54) is 0 Å². The van der Waals surface area contributed by atoms with Gasteiger partial charge in [-0.05, 0) is 59.7 Å². The smallest absolute Gasteiger partial charge is 0.621 e. The first-order valence-electron chi connectivity index (χ1n) is 12.8. The molecule has 6 rings (SSSR count). The molecule has 2 aliphatic heterocycles. The number of hydrogen-bond donors (Lipinski definition) is 0. The number of benzene rings is 4. The van der Waals surface area contributed by atoms with Crippen molar-refractivity contribution in [3.05, 3.63) is 119 Å². The summed E-state index contributed by atoms with van der Waals surface area (Å²) in [5.74, 6) is 5.50. The molecule has 0 radical (unpaired) electrons. The third-order valence-corrected chi connectivity index (χ3v) is 5.97. The summed E-state index contributed by atoms with van der Waals surface area (Å²) in [4.78, 5) is 32.6. The van der Waals surface area contributed by atoms with E-state index in [2.05, 4.69) is 32.5 Å². The van der Waals surface area contributed by atoms with E-state index < -0.39 is 0 Å². The fraction of sp³-hybridized carbons (Fsp3) is 0.0588. The van der Waals surface area contributed by atoms with Gasteiger partial charge in [0, 0.05) is 0 Å². The van der Waals surface area contributed by atoms with E-state index in [4.69, 9.17) is 22.3 Å². The summed E-state index contributed by atoms with van der Waals surface area (Å²) in [5, 5.41) is 7.94. The molecule has 2 amide bonds. The van der Waals surface area contributed by atoms with Gasteiger partial charge in [-0.25, -0.2) is 9.98 Å². The zero-order valence-electron chi connectivity index (χ0n) is 22.6. The molecule has 4 aromatic carbocycles. The van der Waals surface area contributed by atoms with E-state index in [-0.39, 0.29) is 46.1 Å². The number of terminal acetylenes is 2. The third-order valence-electron chi connectivity index (χ3n) is 5.97. The van der Waals surface area contributed by atoms with Crippen LogP contribution in [0.1, 0.15) is 11.1 Å². The molecule has 8 nitrogen and oxygen atoms in total. The summed E-state index contributed by atoms with van der Waals surface area (Å²) >= 11 is 0. The van der Waals surface area contributed by atoms with E-state index in [1.54, 1.807) is 60.7 Å². The minimum atomic E-state index is -0.316. The molecule has 0 aromatic heterocycles. The molecular formula is C34H22N4O4W. The van der Waals surface area contributed by atoms with Gasteiger partial charge < -0.3 is 29.7 Å². The van der Waals surface area contributed by atoms with Crippen molar-refractivity contribution in [2.24, 2.45) is 9.98 Å². The number of amides is 2. The average molecular weight is 734 g/mol. The minimum Gasteiger partial charge on any atom is -0.621 e. The Labute approximate surface area is 263 Å². The summed E-state index contributed by atoms with van der Waals surface area (Å²) in [6.45, 7) is 0.442. The van der Waals surface area contributed by atoms with Gasteiger partial charge in [-0.2, -0.15) is 0 Å². The third kappa shape index (κ3) is 7.45. The van der Waals surface area contributed by atoms with Crippen LogP contribution in [0.4, 0.5) is 22.7 Å². The molecule has 0 saturated carbocycles. The Kier molecular flexibility index (Phi) is 10.3. The molecule has 0 bridgehead atoms. The average Bonchev–Trinajstić information content (AvgIpc) is 3.51. The summed E-state index contributed by atoms with van der Waals surface area (Å²) in [6.07, 6.45) is 10.3. The van der Waals surface area contributed by atoms with Gasteiger partial charge in [0.25, 0.3) is 0 Å². The second kappa shape index (κ2) is 14.5. The van der Waals surface area contributed by atoms with Crippen LogP contribution in [0.3, 0.4) is 0 Å². The standard InChI is InChI=1S/2C17H12N2O2.W/c2*1-2-11-21-13-9-7-12(8-10-13)18-16-14-5-3-4-6-15(14)19-17(16)20;/h2*1,3-10H,11H2,(H,18,19,20);/q;;+2/p-2. The fourth-order valence-electron chi connectivity index (χ4n) is 4.06. The summed E-state index contributed by atoms with van der Waals surface area (Å²) in [7, 11) is 0. The molecule has 0 unspecified atom stereocenters. The summed E-state index contributed by atoms with van der Waals surface area (Å²) in [6, 6.07) is 28.8. The number of carbonyl (C=O) groups excluding carboxylic acids is 2. The van der Waals surface area contributed by atoms with Crippen molar-refractivity contribution >= 4 is 46.0 Å². The molecule has 0 spiro atoms. The number of fused-ring (bicyclic) bond motifs is 2. The first kappa shape index (κ1) is 30.5. The van der Waals surface area contributed by atoms with Crippen LogP contribution < -0.4 is 9.47 Å². The second-order valence-corrected chi connectivity index (χ2v) is 8.76. The van der Waals surface area contributed by atoms with Crippen molar-refractivity contribution in [3.63, 3.8) is 0 Å². The maximum Gasteiger partial charge on any atom is 2.00 e. The fourth-order valence-corrected chi connectivity index (χ4v) is 4.06. The van der Waals surface area contributed by atoms with Crippen LogP contribution in [-0.2, 0) is 30.7 Å². The van der Waals surface area contributed by atoms with Crippen molar-refractivity contribution < 1.29 is 40.1 Å². The van der Waals surface area contributed by atoms with E-state index in [0.29, 0.717) is 45.7 Å². The molecule has 0 saturated heterocycles. The van der Waals surface area contributed by atoms with Gasteiger partial charge in [-0.1, -0.05) is 60.4 Å². The molecule has 2 aliphatic rings. The Hall–Kier alpha value is -5.43. The summed E-state index contributed by atoms with van der Waals surface area (Å²) in [5.41, 5.74) is 4.90. The molecule has 9 heteroatoms. The number of nitrogens with zero attached hydrogens (tertiary/aromatic N) is 4. The number of para-hydroxylation sites is 2. The first-order chi connectivity index (χ1) is 20.6. The van der Waals surface area contributed by atoms with Crippen molar-refractivity contribution in [1.82, 2.24) is 0 Å². The van der Waals surface area contributed by atoms with Gasteiger partial charge in [-0.15, -0.1) is 24.2 Å². The van der Waals surface area contributed by atoms with Crippen LogP contribution in [0.5, 0.6) is 11.5 Å². The first-order valence-corrected chi connectivity index (χ1v) is 12.8. The molecule has 2 heterocycles. The normalized spacial score (nSPS) is 14.1. The van der Waals surface area contributed by atoms with Crippen LogP contribution in [0.2, 0.25) is 0 Å². The largest absolute Gasteiger partial charge is 2.00 e. The predicted octanol–water partition coefficient (Wildman–Crippen LogP) is 6.73. The topological polar surface area (TPSA) is 106 Å². The second-order valence-electron chi connectivity index (χ2n) is 8.76. The zero-order valence-corrected chi connectivity index (χ0v) is 25.6. The van der Waals surface area contributed by atoms with Crippen LogP contribution in [0, 0.1) is 24.7 Å². The van der Waals surface area contributed by atoms with Crippen LogP contribution in [-0.4, -0.2) is 36.5 Å². The number of aliphatic imine (C=N–C) groups is 2. The molecule has 0 N–H and O–H groups in total. The molecule has 43 heavy (non-hydrogen) atoms. The Morgan fingerprint density at radius 3 is 1.33 bits per heavy atom. The number of ether oxygens (including phenoxy) is 2. The Morgan fingerprint density at radius 1 is 0.581 bits per heavy atom. The van der Waals surface area contributed by atoms with Crippen LogP contribution in [0.15, 0.2) is 107 Å². The van der Waals surface area contributed by atoms with Gasteiger partial charge in [0.1, 0.15) is 36.5 Å². The van der Waals surface area contributed by atoms with Crippen molar-refractivity contribution in [2.75, 3.05) is 13.2 Å². The maximum atomic E-state index is 11.9. The monoisotopic (exact) mass is 734 g/mol. The summed E-state index contributed by atoms with van der Waals surface area (Å²) < 4.78 is 10.6. The quantitative estimate of drug-likeness (QED) is 0.205. The number of rotatable bonds is 6. The minimum absolute atomic E-state index is 0. The SMILES string of the molecule is C#CCOc1ccc(N=C2C(=O)[N-]c3ccccc32)cc1.C#CCOc1ccc(N=C2C(=O)[N-]c3ccccc32)cc1.[W+2]. The van der Waals surface area contributed by atoms with Crippen LogP contribution in [0.25, 0.3) is 10.6 Å². The molecule has 0 fully saturated rings. The van der Waals surface area contributed by atoms with Crippen molar-refractivity contribution in [1.29, 1.82) is 0 Å². The van der Waals surface area contributed by atoms with Gasteiger partial charge in [0.05, 0.1) is 22.8 Å².